The maximum atomic E-state index is 14.4. The van der Waals surface area contributed by atoms with Gasteiger partial charge in [-0.1, -0.05) is 85.8 Å². The number of hydrogen-bond acceptors (Lipinski definition) is 5. The van der Waals surface area contributed by atoms with Crippen molar-refractivity contribution in [2.45, 2.75) is 37.2 Å². The van der Waals surface area contributed by atoms with E-state index in [2.05, 4.69) is 5.32 Å². The minimum Gasteiger partial charge on any atom is -0.497 e. The summed E-state index contributed by atoms with van der Waals surface area (Å²) in [6.07, 6.45) is 1.000. The first-order valence-corrected chi connectivity index (χ1v) is 15.6. The van der Waals surface area contributed by atoms with Crippen LogP contribution in [0.5, 0.6) is 5.75 Å². The Morgan fingerprint density at radius 3 is 1.91 bits per heavy atom. The van der Waals surface area contributed by atoms with Gasteiger partial charge in [-0.3, -0.25) is 13.9 Å². The molecule has 9 heteroatoms. The lowest BCUT2D eigenvalue weighted by atomic mass is 10.0. The zero-order chi connectivity index (χ0) is 30.7. The summed E-state index contributed by atoms with van der Waals surface area (Å²) in [5.41, 5.74) is 2.00. The van der Waals surface area contributed by atoms with Crippen LogP contribution in [0.1, 0.15) is 24.5 Å². The molecule has 0 bridgehead atoms. The van der Waals surface area contributed by atoms with E-state index in [-0.39, 0.29) is 23.8 Å². The topological polar surface area (TPSA) is 96.0 Å². The van der Waals surface area contributed by atoms with Gasteiger partial charge in [-0.05, 0) is 53.9 Å². The van der Waals surface area contributed by atoms with Crippen LogP contribution >= 0.6 is 0 Å². The molecule has 4 rings (SSSR count). The SMILES string of the molecule is CCCNC(=O)[C@@H](Cc1ccccc1)N(Cc1ccccc1)C(=O)CN(c1ccc(OC)cc1)S(=O)(=O)c1ccccc1. The van der Waals surface area contributed by atoms with E-state index in [1.807, 2.05) is 67.6 Å². The quantitative estimate of drug-likeness (QED) is 0.219. The van der Waals surface area contributed by atoms with E-state index in [4.69, 9.17) is 4.74 Å². The second kappa shape index (κ2) is 15.0. The molecule has 1 atom stereocenters. The predicted molar refractivity (Wildman–Crippen MR) is 168 cm³/mol. The minimum absolute atomic E-state index is 0.0507. The molecular formula is C34H37N3O5S. The van der Waals surface area contributed by atoms with Gasteiger partial charge in [-0.2, -0.15) is 0 Å². The van der Waals surface area contributed by atoms with Gasteiger partial charge >= 0.3 is 0 Å². The summed E-state index contributed by atoms with van der Waals surface area (Å²) in [6, 6.07) is 32.5. The maximum Gasteiger partial charge on any atom is 0.264 e. The minimum atomic E-state index is -4.15. The summed E-state index contributed by atoms with van der Waals surface area (Å²) in [7, 11) is -2.63. The Hall–Kier alpha value is -4.63. The van der Waals surface area contributed by atoms with E-state index < -0.39 is 28.5 Å². The van der Waals surface area contributed by atoms with Crippen molar-refractivity contribution in [1.82, 2.24) is 10.2 Å². The number of sulfonamides is 1. The maximum absolute atomic E-state index is 14.4. The number of benzene rings is 4. The molecule has 2 amide bonds. The summed E-state index contributed by atoms with van der Waals surface area (Å²) in [6.45, 7) is 2.03. The third kappa shape index (κ3) is 8.23. The van der Waals surface area contributed by atoms with Crippen LogP contribution in [-0.4, -0.2) is 51.4 Å². The number of carbonyl (C=O) groups excluding carboxylic acids is 2. The van der Waals surface area contributed by atoms with Gasteiger partial charge in [-0.15, -0.1) is 0 Å². The van der Waals surface area contributed by atoms with Gasteiger partial charge in [0.2, 0.25) is 11.8 Å². The molecular weight excluding hydrogens is 562 g/mol. The molecule has 43 heavy (non-hydrogen) atoms. The lowest BCUT2D eigenvalue weighted by Crippen LogP contribution is -2.53. The molecule has 224 valence electrons. The summed E-state index contributed by atoms with van der Waals surface area (Å²) in [4.78, 5) is 29.5. The first-order valence-electron chi connectivity index (χ1n) is 14.2. The van der Waals surface area contributed by atoms with Crippen LogP contribution < -0.4 is 14.4 Å². The standard InChI is InChI=1S/C34H37N3O5S/c1-3-23-35-34(39)32(24-27-13-7-4-8-14-27)36(25-28-15-9-5-10-16-28)33(38)26-37(29-19-21-30(42-2)22-20-29)43(40,41)31-17-11-6-12-18-31/h4-22,32H,3,23-26H2,1-2H3,(H,35,39)/t32-/m1/s1. The van der Waals surface area contributed by atoms with E-state index >= 15 is 0 Å². The van der Waals surface area contributed by atoms with Crippen molar-refractivity contribution in [3.8, 4) is 5.75 Å². The van der Waals surface area contributed by atoms with Crippen LogP contribution in [0.4, 0.5) is 5.69 Å². The highest BCUT2D eigenvalue weighted by atomic mass is 32.2. The average Bonchev–Trinajstić information content (AvgIpc) is 3.05. The van der Waals surface area contributed by atoms with Crippen molar-refractivity contribution in [1.29, 1.82) is 0 Å². The Labute approximate surface area is 254 Å². The van der Waals surface area contributed by atoms with E-state index in [9.17, 15) is 18.0 Å². The summed E-state index contributed by atoms with van der Waals surface area (Å²) in [5, 5.41) is 2.95. The second-order valence-corrected chi connectivity index (χ2v) is 11.9. The highest BCUT2D eigenvalue weighted by molar-refractivity contribution is 7.92. The zero-order valence-electron chi connectivity index (χ0n) is 24.4. The molecule has 4 aromatic carbocycles. The molecule has 0 saturated heterocycles. The fourth-order valence-corrected chi connectivity index (χ4v) is 6.13. The molecule has 0 aliphatic heterocycles. The van der Waals surface area contributed by atoms with Gasteiger partial charge in [0, 0.05) is 19.5 Å². The van der Waals surface area contributed by atoms with Crippen molar-refractivity contribution in [2.75, 3.05) is 24.5 Å². The van der Waals surface area contributed by atoms with Crippen LogP contribution in [0.2, 0.25) is 0 Å². The van der Waals surface area contributed by atoms with Gasteiger partial charge < -0.3 is 15.0 Å². The average molecular weight is 600 g/mol. The molecule has 1 N–H and O–H groups in total. The lowest BCUT2D eigenvalue weighted by Gasteiger charge is -2.34. The second-order valence-electron chi connectivity index (χ2n) is 10.0. The predicted octanol–water partition coefficient (Wildman–Crippen LogP) is 5.06. The van der Waals surface area contributed by atoms with Gasteiger partial charge in [-0.25, -0.2) is 8.42 Å². The van der Waals surface area contributed by atoms with E-state index in [0.29, 0.717) is 18.0 Å². The number of anilines is 1. The van der Waals surface area contributed by atoms with Crippen molar-refractivity contribution >= 4 is 27.5 Å². The Balaban J connectivity index is 1.77. The van der Waals surface area contributed by atoms with Gasteiger partial charge in [0.1, 0.15) is 18.3 Å². The fraction of sp³-hybridized carbons (Fsp3) is 0.235. The Morgan fingerprint density at radius 1 is 0.791 bits per heavy atom. The van der Waals surface area contributed by atoms with Crippen LogP contribution in [-0.2, 0) is 32.6 Å². The monoisotopic (exact) mass is 599 g/mol. The van der Waals surface area contributed by atoms with Gasteiger partial charge in [0.15, 0.2) is 0 Å². The Bertz CT molecular complexity index is 1570. The third-order valence-corrected chi connectivity index (χ3v) is 8.77. The Morgan fingerprint density at radius 2 is 1.35 bits per heavy atom. The number of carbonyl (C=O) groups is 2. The smallest absolute Gasteiger partial charge is 0.264 e. The number of hydrogen-bond donors (Lipinski definition) is 1. The van der Waals surface area contributed by atoms with E-state index in [0.717, 1.165) is 21.9 Å². The summed E-state index contributed by atoms with van der Waals surface area (Å²) < 4.78 is 34.3. The van der Waals surface area contributed by atoms with Gasteiger partial charge in [0.25, 0.3) is 10.0 Å². The molecule has 4 aromatic rings. The Kier molecular flexibility index (Phi) is 10.9. The van der Waals surface area contributed by atoms with Gasteiger partial charge in [0.05, 0.1) is 17.7 Å². The molecule has 0 saturated carbocycles. The van der Waals surface area contributed by atoms with E-state index in [1.54, 1.807) is 42.5 Å². The van der Waals surface area contributed by atoms with Crippen LogP contribution in [0.25, 0.3) is 0 Å². The molecule has 0 fully saturated rings. The highest BCUT2D eigenvalue weighted by Gasteiger charge is 2.34. The number of nitrogens with one attached hydrogen (secondary N) is 1. The summed E-state index contributed by atoms with van der Waals surface area (Å²) >= 11 is 0. The molecule has 8 nitrogen and oxygen atoms in total. The zero-order valence-corrected chi connectivity index (χ0v) is 25.2. The van der Waals surface area contributed by atoms with Crippen molar-refractivity contribution < 1.29 is 22.7 Å². The van der Waals surface area contributed by atoms with E-state index in [1.165, 1.54) is 24.1 Å². The largest absolute Gasteiger partial charge is 0.497 e. The third-order valence-electron chi connectivity index (χ3n) is 6.99. The van der Waals surface area contributed by atoms with Crippen LogP contribution in [0, 0.1) is 0 Å². The highest BCUT2D eigenvalue weighted by Crippen LogP contribution is 2.27. The number of nitrogens with zero attached hydrogens (tertiary/aromatic N) is 2. The van der Waals surface area contributed by atoms with Crippen molar-refractivity contribution in [3.05, 3.63) is 126 Å². The summed E-state index contributed by atoms with van der Waals surface area (Å²) in [5.74, 6) is -0.253. The number of rotatable bonds is 14. The molecule has 0 radical (unpaired) electrons. The molecule has 0 heterocycles. The normalized spacial score (nSPS) is 11.8. The molecule has 0 unspecified atom stereocenters. The molecule has 0 aromatic heterocycles. The number of ether oxygens (including phenoxy) is 1. The first kappa shape index (κ1) is 31.3. The van der Waals surface area contributed by atoms with Crippen molar-refractivity contribution in [2.24, 2.45) is 0 Å². The van der Waals surface area contributed by atoms with Crippen LogP contribution in [0.15, 0.2) is 120 Å². The molecule has 0 aliphatic rings. The molecule has 0 spiro atoms. The lowest BCUT2D eigenvalue weighted by molar-refractivity contribution is -0.140. The number of methoxy groups -OCH3 is 1. The molecule has 0 aliphatic carbocycles. The first-order chi connectivity index (χ1) is 20.8. The van der Waals surface area contributed by atoms with Crippen molar-refractivity contribution in [3.63, 3.8) is 0 Å². The fourth-order valence-electron chi connectivity index (χ4n) is 4.70. The number of amides is 2. The van der Waals surface area contributed by atoms with Crippen LogP contribution in [0.3, 0.4) is 0 Å².